The molecule has 0 fully saturated rings. The zero-order valence-corrected chi connectivity index (χ0v) is 25.1. The summed E-state index contributed by atoms with van der Waals surface area (Å²) in [5, 5.41) is 12.4. The van der Waals surface area contributed by atoms with Crippen molar-refractivity contribution in [2.45, 2.75) is 52.1 Å². The zero-order valence-electron chi connectivity index (χ0n) is 24.4. The summed E-state index contributed by atoms with van der Waals surface area (Å²) < 4.78 is 5.28. The molecule has 1 aliphatic rings. The van der Waals surface area contributed by atoms with Crippen molar-refractivity contribution in [3.63, 3.8) is 0 Å². The number of anilines is 1. The third kappa shape index (κ3) is 5.75. The zero-order chi connectivity index (χ0) is 30.1. The summed E-state index contributed by atoms with van der Waals surface area (Å²) in [5.74, 6) is -0.263. The van der Waals surface area contributed by atoms with Crippen LogP contribution in [0.15, 0.2) is 72.3 Å². The van der Waals surface area contributed by atoms with Crippen molar-refractivity contribution in [1.29, 1.82) is 0 Å². The smallest absolute Gasteiger partial charge is 0.254 e. The monoisotopic (exact) mass is 596 g/mol. The normalized spacial score (nSPS) is 17.1. The number of fused-ring (bicyclic) bond motifs is 4. The molecule has 43 heavy (non-hydrogen) atoms. The number of amides is 1. The van der Waals surface area contributed by atoms with Gasteiger partial charge in [-0.15, -0.1) is 0 Å². The second-order valence-electron chi connectivity index (χ2n) is 11.0. The maximum absolute atomic E-state index is 13.8. The van der Waals surface area contributed by atoms with E-state index in [2.05, 4.69) is 27.4 Å². The second-order valence-corrected chi connectivity index (χ2v) is 11.5. The summed E-state index contributed by atoms with van der Waals surface area (Å²) in [6.45, 7) is 4.84. The molecule has 2 bridgehead atoms. The minimum Gasteiger partial charge on any atom is -0.323 e. The van der Waals surface area contributed by atoms with Gasteiger partial charge in [0, 0.05) is 59.7 Å². The van der Waals surface area contributed by atoms with Crippen LogP contribution in [0.4, 0.5) is 5.69 Å². The Bertz CT molecular complexity index is 1860. The number of rotatable bonds is 5. The number of aromatic nitrogens is 7. The summed E-state index contributed by atoms with van der Waals surface area (Å²) in [4.78, 5) is 36.2. The molecule has 1 aliphatic heterocycles. The van der Waals surface area contributed by atoms with Crippen LogP contribution < -0.4 is 10.9 Å². The molecule has 0 saturated heterocycles. The lowest BCUT2D eigenvalue weighted by Gasteiger charge is -2.22. The lowest BCUT2D eigenvalue weighted by Crippen LogP contribution is -2.27. The number of nitrogens with zero attached hydrogens (tertiary/aromatic N) is 7. The van der Waals surface area contributed by atoms with Crippen LogP contribution in [0.25, 0.3) is 33.6 Å². The van der Waals surface area contributed by atoms with Gasteiger partial charge in [-0.1, -0.05) is 37.9 Å². The summed E-state index contributed by atoms with van der Waals surface area (Å²) >= 11 is 6.41. The van der Waals surface area contributed by atoms with Crippen LogP contribution in [0, 0.1) is 5.92 Å². The molecule has 0 saturated carbocycles. The van der Waals surface area contributed by atoms with Gasteiger partial charge in [-0.2, -0.15) is 10.2 Å². The molecule has 4 aromatic heterocycles. The Morgan fingerprint density at radius 1 is 1.00 bits per heavy atom. The van der Waals surface area contributed by atoms with Crippen molar-refractivity contribution in [2.75, 3.05) is 5.32 Å². The van der Waals surface area contributed by atoms with Crippen LogP contribution >= 0.6 is 11.6 Å². The molecule has 220 valence electrons. The molecular weight excluding hydrogens is 564 g/mol. The van der Waals surface area contributed by atoms with Gasteiger partial charge in [0.25, 0.3) is 5.56 Å². The van der Waals surface area contributed by atoms with Gasteiger partial charge in [0.05, 0.1) is 47.5 Å². The van der Waals surface area contributed by atoms with Gasteiger partial charge < -0.3 is 5.32 Å². The predicted octanol–water partition coefficient (Wildman–Crippen LogP) is 5.98. The van der Waals surface area contributed by atoms with E-state index in [-0.39, 0.29) is 23.4 Å². The first-order valence-electron chi connectivity index (χ1n) is 14.5. The average molecular weight is 597 g/mol. The first kappa shape index (κ1) is 28.5. The fourth-order valence-corrected chi connectivity index (χ4v) is 5.88. The minimum absolute atomic E-state index is 0.0543. The lowest BCUT2D eigenvalue weighted by atomic mass is 9.96. The van der Waals surface area contributed by atoms with Crippen molar-refractivity contribution in [3.8, 4) is 33.6 Å². The SMILES string of the molecule is CCCn1cc(-c2ccc(Cl)cc2-c2cc(=O)n(C3CCCC(C)C(=O)Nc4cnn(C)c4-c4ccnc3c4)cn2)cn1. The van der Waals surface area contributed by atoms with Gasteiger partial charge in [-0.25, -0.2) is 4.98 Å². The number of hydrogen-bond acceptors (Lipinski definition) is 6. The molecule has 0 spiro atoms. The van der Waals surface area contributed by atoms with Gasteiger partial charge in [0.15, 0.2) is 0 Å². The number of carbonyl (C=O) groups excluding carboxylic acids is 1. The fraction of sp³-hybridized carbons (Fsp3) is 0.312. The van der Waals surface area contributed by atoms with Crippen molar-refractivity contribution >= 4 is 23.2 Å². The molecule has 1 N–H and O–H groups in total. The van der Waals surface area contributed by atoms with E-state index in [4.69, 9.17) is 16.6 Å². The fourth-order valence-electron chi connectivity index (χ4n) is 5.71. The molecule has 1 amide bonds. The maximum Gasteiger partial charge on any atom is 0.254 e. The molecule has 2 unspecified atom stereocenters. The number of hydrogen-bond donors (Lipinski definition) is 1. The van der Waals surface area contributed by atoms with Crippen molar-refractivity contribution in [3.05, 3.63) is 88.6 Å². The van der Waals surface area contributed by atoms with Crippen molar-refractivity contribution < 1.29 is 4.79 Å². The largest absolute Gasteiger partial charge is 0.323 e. The molecule has 0 radical (unpaired) electrons. The Hall–Kier alpha value is -4.57. The van der Waals surface area contributed by atoms with Crippen LogP contribution in [0.3, 0.4) is 0 Å². The van der Waals surface area contributed by atoms with E-state index >= 15 is 0 Å². The Balaban J connectivity index is 1.41. The number of halogens is 1. The van der Waals surface area contributed by atoms with E-state index in [1.807, 2.05) is 61.4 Å². The van der Waals surface area contributed by atoms with Gasteiger partial charge in [-0.3, -0.25) is 28.5 Å². The van der Waals surface area contributed by atoms with Gasteiger partial charge in [0.2, 0.25) is 5.91 Å². The first-order chi connectivity index (χ1) is 20.8. The van der Waals surface area contributed by atoms with Crippen molar-refractivity contribution in [2.24, 2.45) is 13.0 Å². The summed E-state index contributed by atoms with van der Waals surface area (Å²) in [6, 6.07) is 10.6. The molecule has 5 heterocycles. The van der Waals surface area contributed by atoms with Crippen molar-refractivity contribution in [1.82, 2.24) is 34.1 Å². The lowest BCUT2D eigenvalue weighted by molar-refractivity contribution is -0.119. The number of aryl methyl sites for hydroxylation is 2. The number of benzene rings is 1. The average Bonchev–Trinajstić information content (AvgIpc) is 3.61. The van der Waals surface area contributed by atoms with Gasteiger partial charge in [-0.05, 0) is 49.1 Å². The van der Waals surface area contributed by atoms with Crippen LogP contribution in [0.2, 0.25) is 5.02 Å². The predicted molar refractivity (Wildman–Crippen MR) is 167 cm³/mol. The molecular formula is C32H33ClN8O2. The Labute approximate surface area is 254 Å². The molecule has 2 atom stereocenters. The molecule has 10 nitrogen and oxygen atoms in total. The highest BCUT2D eigenvalue weighted by Crippen LogP contribution is 2.34. The highest BCUT2D eigenvalue weighted by atomic mass is 35.5. The van der Waals surface area contributed by atoms with E-state index < -0.39 is 0 Å². The highest BCUT2D eigenvalue weighted by molar-refractivity contribution is 6.31. The van der Waals surface area contributed by atoms with E-state index in [0.29, 0.717) is 29.2 Å². The molecule has 5 aromatic rings. The van der Waals surface area contributed by atoms with E-state index in [0.717, 1.165) is 53.0 Å². The maximum atomic E-state index is 13.8. The number of nitrogens with one attached hydrogen (secondary N) is 1. The number of pyridine rings is 1. The van der Waals surface area contributed by atoms with Crippen LogP contribution in [0.1, 0.15) is 51.3 Å². The number of carbonyl (C=O) groups is 1. The Morgan fingerprint density at radius 3 is 2.67 bits per heavy atom. The molecule has 11 heteroatoms. The van der Waals surface area contributed by atoms with E-state index in [9.17, 15) is 9.59 Å². The second kappa shape index (κ2) is 12.0. The standard InChI is InChI=1S/C32H33ClN8O2/c1-4-12-40-18-22(16-37-40)24-9-8-23(33)14-25(24)26-15-30(42)41(19-35-26)29-7-5-6-20(2)32(43)38-28-17-36-39(3)31(28)21-10-11-34-27(29)13-21/h8-11,13-20,29H,4-7,12H2,1-3H3,(H,38,43). The van der Waals surface area contributed by atoms with Crippen LogP contribution in [-0.2, 0) is 18.4 Å². The minimum atomic E-state index is -0.369. The third-order valence-electron chi connectivity index (χ3n) is 7.98. The summed E-state index contributed by atoms with van der Waals surface area (Å²) in [6.07, 6.45) is 11.8. The first-order valence-corrected chi connectivity index (χ1v) is 14.9. The molecule has 6 rings (SSSR count). The topological polar surface area (TPSA) is 113 Å². The summed E-state index contributed by atoms with van der Waals surface area (Å²) in [7, 11) is 1.84. The Kier molecular flexibility index (Phi) is 7.94. The molecule has 1 aromatic carbocycles. The Morgan fingerprint density at radius 2 is 1.86 bits per heavy atom. The van der Waals surface area contributed by atoms with Gasteiger partial charge in [0.1, 0.15) is 0 Å². The highest BCUT2D eigenvalue weighted by Gasteiger charge is 2.24. The van der Waals surface area contributed by atoms with E-state index in [1.165, 1.54) is 0 Å². The van der Waals surface area contributed by atoms with Gasteiger partial charge >= 0.3 is 0 Å². The quantitative estimate of drug-likeness (QED) is 0.267. The third-order valence-corrected chi connectivity index (χ3v) is 8.22. The van der Waals surface area contributed by atoms with Crippen LogP contribution in [0.5, 0.6) is 0 Å². The molecule has 0 aliphatic carbocycles. The summed E-state index contributed by atoms with van der Waals surface area (Å²) in [5.41, 5.74) is 5.94. The van der Waals surface area contributed by atoms with Crippen LogP contribution in [-0.4, -0.2) is 40.0 Å². The van der Waals surface area contributed by atoms with E-state index in [1.54, 1.807) is 34.0 Å².